The lowest BCUT2D eigenvalue weighted by atomic mass is 10.0. The number of hydrogen-bond acceptors (Lipinski definition) is 5. The zero-order valence-corrected chi connectivity index (χ0v) is 14.3. The maximum absolute atomic E-state index is 11.5. The molecule has 0 spiro atoms. The summed E-state index contributed by atoms with van der Waals surface area (Å²) in [4.78, 5) is 12.4. The molecule has 6 heteroatoms. The second-order valence-electron chi connectivity index (χ2n) is 5.97. The first kappa shape index (κ1) is 18.8. The summed E-state index contributed by atoms with van der Waals surface area (Å²) in [7, 11) is 0. The van der Waals surface area contributed by atoms with Crippen molar-refractivity contribution < 1.29 is 19.7 Å². The number of amides is 1. The van der Waals surface area contributed by atoms with E-state index in [1.54, 1.807) is 26.8 Å². The lowest BCUT2D eigenvalue weighted by Gasteiger charge is -2.22. The normalized spacial score (nSPS) is 14.3. The molecule has 0 aromatic heterocycles. The van der Waals surface area contributed by atoms with Crippen molar-refractivity contribution in [1.29, 1.82) is 0 Å². The van der Waals surface area contributed by atoms with Crippen LogP contribution in [0.15, 0.2) is 29.2 Å². The van der Waals surface area contributed by atoms with Gasteiger partial charge in [-0.15, -0.1) is 11.8 Å². The average Bonchev–Trinajstić information content (AvgIpc) is 2.44. The first-order valence-electron chi connectivity index (χ1n) is 7.20. The van der Waals surface area contributed by atoms with Crippen LogP contribution in [0.1, 0.15) is 38.9 Å². The minimum absolute atomic E-state index is 0.231. The quantitative estimate of drug-likeness (QED) is 0.700. The van der Waals surface area contributed by atoms with E-state index in [-0.39, 0.29) is 13.0 Å². The molecular formula is C16H25NO4S. The summed E-state index contributed by atoms with van der Waals surface area (Å²) >= 11 is 1.52. The van der Waals surface area contributed by atoms with Crippen LogP contribution in [0.3, 0.4) is 0 Å². The van der Waals surface area contributed by atoms with E-state index in [0.717, 1.165) is 4.90 Å². The molecule has 0 heterocycles. The smallest absolute Gasteiger partial charge is 0.407 e. The fourth-order valence-corrected chi connectivity index (χ4v) is 2.55. The van der Waals surface area contributed by atoms with Gasteiger partial charge in [-0.25, -0.2) is 4.79 Å². The summed E-state index contributed by atoms with van der Waals surface area (Å²) in [6.45, 7) is 5.58. The predicted molar refractivity (Wildman–Crippen MR) is 88.0 cm³/mol. The van der Waals surface area contributed by atoms with E-state index in [1.165, 1.54) is 11.8 Å². The molecule has 0 radical (unpaired) electrons. The number of nitrogens with one attached hydrogen (secondary N) is 1. The van der Waals surface area contributed by atoms with Gasteiger partial charge in [0.15, 0.2) is 0 Å². The SMILES string of the molecule is CSc1ccccc1C(O)C(O)CCNC(=O)OC(C)(C)C. The Morgan fingerprint density at radius 3 is 2.55 bits per heavy atom. The summed E-state index contributed by atoms with van der Waals surface area (Å²) in [5.74, 6) is 0. The minimum Gasteiger partial charge on any atom is -0.444 e. The molecule has 0 saturated carbocycles. The number of alkyl carbamates (subject to hydrolysis) is 1. The van der Waals surface area contributed by atoms with Crippen LogP contribution in [-0.4, -0.2) is 40.8 Å². The first-order valence-corrected chi connectivity index (χ1v) is 8.43. The molecule has 0 fully saturated rings. The highest BCUT2D eigenvalue weighted by Crippen LogP contribution is 2.28. The second-order valence-corrected chi connectivity index (χ2v) is 6.82. The topological polar surface area (TPSA) is 78.8 Å². The van der Waals surface area contributed by atoms with Gasteiger partial charge in [0.1, 0.15) is 11.7 Å². The van der Waals surface area contributed by atoms with Gasteiger partial charge in [0.25, 0.3) is 0 Å². The maximum Gasteiger partial charge on any atom is 0.407 e. The Labute approximate surface area is 136 Å². The number of benzene rings is 1. The summed E-state index contributed by atoms with van der Waals surface area (Å²) in [6, 6.07) is 7.40. The Bertz CT molecular complexity index is 487. The highest BCUT2D eigenvalue weighted by Gasteiger charge is 2.21. The van der Waals surface area contributed by atoms with Crippen LogP contribution in [0.25, 0.3) is 0 Å². The molecule has 1 aromatic rings. The number of ether oxygens (including phenoxy) is 1. The van der Waals surface area contributed by atoms with E-state index in [9.17, 15) is 15.0 Å². The molecule has 1 aromatic carbocycles. The molecule has 3 N–H and O–H groups in total. The van der Waals surface area contributed by atoms with Gasteiger partial charge in [-0.1, -0.05) is 18.2 Å². The van der Waals surface area contributed by atoms with Gasteiger partial charge < -0.3 is 20.3 Å². The van der Waals surface area contributed by atoms with Crippen LogP contribution in [0.4, 0.5) is 4.79 Å². The lowest BCUT2D eigenvalue weighted by molar-refractivity contribution is 0.0109. The Morgan fingerprint density at radius 2 is 1.95 bits per heavy atom. The zero-order valence-electron chi connectivity index (χ0n) is 13.5. The maximum atomic E-state index is 11.5. The zero-order chi connectivity index (χ0) is 16.8. The highest BCUT2D eigenvalue weighted by molar-refractivity contribution is 7.98. The van der Waals surface area contributed by atoms with Crippen molar-refractivity contribution in [2.45, 2.75) is 49.9 Å². The number of aliphatic hydroxyl groups excluding tert-OH is 2. The third-order valence-corrected chi connectivity index (χ3v) is 3.74. The predicted octanol–water partition coefficient (Wildman–Crippen LogP) is 2.72. The largest absolute Gasteiger partial charge is 0.444 e. The number of carbonyl (C=O) groups excluding carboxylic acids is 1. The molecule has 1 amide bonds. The summed E-state index contributed by atoms with van der Waals surface area (Å²) < 4.78 is 5.10. The molecule has 1 rings (SSSR count). The Morgan fingerprint density at radius 1 is 1.32 bits per heavy atom. The van der Waals surface area contributed by atoms with Crippen LogP contribution in [0, 0.1) is 0 Å². The second kappa shape index (κ2) is 8.41. The molecule has 124 valence electrons. The van der Waals surface area contributed by atoms with Gasteiger partial charge in [-0.3, -0.25) is 0 Å². The standard InChI is InChI=1S/C16H25NO4S/c1-16(2,3)21-15(20)17-10-9-12(18)14(19)11-7-5-6-8-13(11)22-4/h5-8,12,14,18-19H,9-10H2,1-4H3,(H,17,20). The molecule has 0 aliphatic heterocycles. The summed E-state index contributed by atoms with van der Waals surface area (Å²) in [5.41, 5.74) is 0.138. The van der Waals surface area contributed by atoms with Crippen molar-refractivity contribution >= 4 is 17.9 Å². The first-order chi connectivity index (χ1) is 10.2. The minimum atomic E-state index is -0.982. The third kappa shape index (κ3) is 6.25. The van der Waals surface area contributed by atoms with E-state index in [2.05, 4.69) is 5.32 Å². The van der Waals surface area contributed by atoms with Crippen LogP contribution in [-0.2, 0) is 4.74 Å². The van der Waals surface area contributed by atoms with Gasteiger partial charge in [0.05, 0.1) is 6.10 Å². The highest BCUT2D eigenvalue weighted by atomic mass is 32.2. The van der Waals surface area contributed by atoms with Crippen LogP contribution >= 0.6 is 11.8 Å². The van der Waals surface area contributed by atoms with Crippen LogP contribution in [0.2, 0.25) is 0 Å². The van der Waals surface area contributed by atoms with E-state index in [0.29, 0.717) is 5.56 Å². The van der Waals surface area contributed by atoms with Gasteiger partial charge >= 0.3 is 6.09 Å². The van der Waals surface area contributed by atoms with Gasteiger partial charge in [0, 0.05) is 11.4 Å². The van der Waals surface area contributed by atoms with Crippen LogP contribution in [0.5, 0.6) is 0 Å². The van der Waals surface area contributed by atoms with Crippen molar-refractivity contribution in [3.63, 3.8) is 0 Å². The van der Waals surface area contributed by atoms with E-state index >= 15 is 0 Å². The third-order valence-electron chi connectivity index (χ3n) is 2.93. The average molecular weight is 327 g/mol. The van der Waals surface area contributed by atoms with Gasteiger partial charge in [0.2, 0.25) is 0 Å². The number of aliphatic hydroxyl groups is 2. The van der Waals surface area contributed by atoms with Crippen molar-refractivity contribution in [2.24, 2.45) is 0 Å². The summed E-state index contributed by atoms with van der Waals surface area (Å²) in [6.07, 6.45) is -0.309. The van der Waals surface area contributed by atoms with Gasteiger partial charge in [-0.2, -0.15) is 0 Å². The summed E-state index contributed by atoms with van der Waals surface area (Å²) in [5, 5.41) is 22.9. The van der Waals surface area contributed by atoms with Crippen LogP contribution < -0.4 is 5.32 Å². The number of hydrogen-bond donors (Lipinski definition) is 3. The van der Waals surface area contributed by atoms with E-state index < -0.39 is 23.9 Å². The van der Waals surface area contributed by atoms with Crippen molar-refractivity contribution in [3.8, 4) is 0 Å². The fourth-order valence-electron chi connectivity index (χ4n) is 1.91. The van der Waals surface area contributed by atoms with Gasteiger partial charge in [-0.05, 0) is 45.1 Å². The molecule has 22 heavy (non-hydrogen) atoms. The van der Waals surface area contributed by atoms with Crippen molar-refractivity contribution in [3.05, 3.63) is 29.8 Å². The molecular weight excluding hydrogens is 302 g/mol. The lowest BCUT2D eigenvalue weighted by Crippen LogP contribution is -2.34. The number of carbonyl (C=O) groups is 1. The monoisotopic (exact) mass is 327 g/mol. The number of rotatable bonds is 6. The van der Waals surface area contributed by atoms with Crippen molar-refractivity contribution in [1.82, 2.24) is 5.32 Å². The molecule has 0 saturated heterocycles. The van der Waals surface area contributed by atoms with Crippen molar-refractivity contribution in [2.75, 3.05) is 12.8 Å². The van der Waals surface area contributed by atoms with E-state index in [4.69, 9.17) is 4.74 Å². The van der Waals surface area contributed by atoms with E-state index in [1.807, 2.05) is 24.5 Å². The molecule has 2 unspecified atom stereocenters. The molecule has 2 atom stereocenters. The molecule has 5 nitrogen and oxygen atoms in total. The number of thioether (sulfide) groups is 1. The Kier molecular flexibility index (Phi) is 7.19. The Hall–Kier alpha value is -1.24. The molecule has 0 bridgehead atoms. The fraction of sp³-hybridized carbons (Fsp3) is 0.562. The Balaban J connectivity index is 2.48. The molecule has 0 aliphatic rings. The molecule has 0 aliphatic carbocycles.